The van der Waals surface area contributed by atoms with Crippen molar-refractivity contribution in [2.24, 2.45) is 10.8 Å². The Morgan fingerprint density at radius 1 is 0.929 bits per heavy atom. The summed E-state index contributed by atoms with van der Waals surface area (Å²) in [5, 5.41) is 11.2. The van der Waals surface area contributed by atoms with E-state index in [0.717, 1.165) is 5.56 Å². The lowest BCUT2D eigenvalue weighted by molar-refractivity contribution is -0.143. The summed E-state index contributed by atoms with van der Waals surface area (Å²) in [6.07, 6.45) is 0. The van der Waals surface area contributed by atoms with Gasteiger partial charge in [0.2, 0.25) is 0 Å². The Hall–Kier alpha value is -2.46. The van der Waals surface area contributed by atoms with Crippen LogP contribution < -0.4 is 0 Å². The first-order valence-corrected chi connectivity index (χ1v) is 9.36. The molecule has 1 aliphatic carbocycles. The molecule has 0 saturated heterocycles. The highest BCUT2D eigenvalue weighted by molar-refractivity contribution is 6.34. The standard InChI is InChI=1S/C23H22ClFO3/c1-12-6-7-13(16-11-14(24)8-9-17(16)25)10-15(12)18-19(26)22(2,3)21(28)23(4,5)20(18)27/h6-11,26H,1-5H3. The first-order chi connectivity index (χ1) is 12.9. The number of hydrogen-bond donors (Lipinski definition) is 1. The van der Waals surface area contributed by atoms with Gasteiger partial charge in [0.15, 0.2) is 11.6 Å². The average molecular weight is 401 g/mol. The maximum Gasteiger partial charge on any atom is 0.179 e. The number of ketones is 2. The molecule has 2 aromatic carbocycles. The summed E-state index contributed by atoms with van der Waals surface area (Å²) >= 11 is 6.02. The van der Waals surface area contributed by atoms with Gasteiger partial charge in [-0.3, -0.25) is 9.59 Å². The average Bonchev–Trinajstić information content (AvgIpc) is 2.63. The highest BCUT2D eigenvalue weighted by Crippen LogP contribution is 2.47. The zero-order valence-corrected chi connectivity index (χ0v) is 17.2. The van der Waals surface area contributed by atoms with Crippen molar-refractivity contribution >= 4 is 28.7 Å². The van der Waals surface area contributed by atoms with E-state index in [4.69, 9.17) is 11.6 Å². The molecule has 2 aromatic rings. The quantitative estimate of drug-likeness (QED) is 0.636. The zero-order valence-electron chi connectivity index (χ0n) is 16.5. The van der Waals surface area contributed by atoms with Gasteiger partial charge in [0.1, 0.15) is 11.6 Å². The van der Waals surface area contributed by atoms with Crippen LogP contribution in [0.5, 0.6) is 0 Å². The minimum atomic E-state index is -1.27. The van der Waals surface area contributed by atoms with Crippen LogP contribution in [0.4, 0.5) is 4.39 Å². The number of hydrogen-bond acceptors (Lipinski definition) is 3. The molecule has 1 N–H and O–H groups in total. The van der Waals surface area contributed by atoms with E-state index in [1.165, 1.54) is 18.2 Å². The van der Waals surface area contributed by atoms with Crippen LogP contribution in [0.1, 0.15) is 38.8 Å². The van der Waals surface area contributed by atoms with Crippen molar-refractivity contribution in [3.05, 3.63) is 64.1 Å². The van der Waals surface area contributed by atoms with Gasteiger partial charge in [-0.25, -0.2) is 4.39 Å². The first-order valence-electron chi connectivity index (χ1n) is 8.99. The molecule has 0 amide bonds. The lowest BCUT2D eigenvalue weighted by Gasteiger charge is -2.38. The molecule has 0 atom stereocenters. The molecule has 0 aliphatic heterocycles. The van der Waals surface area contributed by atoms with Gasteiger partial charge in [0, 0.05) is 10.6 Å². The number of Topliss-reactive ketones (excluding diaryl/α,β-unsaturated/α-hetero) is 2. The lowest BCUT2D eigenvalue weighted by Crippen LogP contribution is -2.48. The largest absolute Gasteiger partial charge is 0.510 e. The summed E-state index contributed by atoms with van der Waals surface area (Å²) in [5.41, 5.74) is -0.315. The fraction of sp³-hybridized carbons (Fsp3) is 0.304. The van der Waals surface area contributed by atoms with Crippen molar-refractivity contribution in [1.82, 2.24) is 0 Å². The molecule has 1 aliphatic rings. The third-order valence-electron chi connectivity index (χ3n) is 5.51. The molecule has 0 aromatic heterocycles. The molecule has 0 spiro atoms. The molecule has 3 rings (SSSR count). The van der Waals surface area contributed by atoms with Crippen molar-refractivity contribution in [3.8, 4) is 11.1 Å². The van der Waals surface area contributed by atoms with E-state index >= 15 is 0 Å². The van der Waals surface area contributed by atoms with Gasteiger partial charge in [-0.05, 0) is 75.6 Å². The minimum Gasteiger partial charge on any atom is -0.510 e. The van der Waals surface area contributed by atoms with Crippen LogP contribution >= 0.6 is 11.6 Å². The molecule has 0 fully saturated rings. The van der Waals surface area contributed by atoms with Gasteiger partial charge in [0.25, 0.3) is 0 Å². The highest BCUT2D eigenvalue weighted by atomic mass is 35.5. The molecule has 28 heavy (non-hydrogen) atoms. The van der Waals surface area contributed by atoms with Crippen LogP contribution in [0.25, 0.3) is 16.7 Å². The van der Waals surface area contributed by atoms with Gasteiger partial charge >= 0.3 is 0 Å². The van der Waals surface area contributed by atoms with Gasteiger partial charge in [-0.15, -0.1) is 0 Å². The van der Waals surface area contributed by atoms with Crippen molar-refractivity contribution < 1.29 is 19.1 Å². The maximum atomic E-state index is 14.3. The third kappa shape index (κ3) is 2.96. The topological polar surface area (TPSA) is 54.4 Å². The van der Waals surface area contributed by atoms with Crippen LogP contribution in [0.2, 0.25) is 5.02 Å². The van der Waals surface area contributed by atoms with E-state index in [9.17, 15) is 19.1 Å². The number of rotatable bonds is 2. The van der Waals surface area contributed by atoms with E-state index in [0.29, 0.717) is 21.7 Å². The van der Waals surface area contributed by atoms with Gasteiger partial charge in [0.05, 0.1) is 16.4 Å². The molecular formula is C23H22ClFO3. The summed E-state index contributed by atoms with van der Waals surface area (Å²) in [7, 11) is 0. The number of aryl methyl sites for hydroxylation is 1. The second-order valence-electron chi connectivity index (χ2n) is 8.29. The smallest absolute Gasteiger partial charge is 0.179 e. The second-order valence-corrected chi connectivity index (χ2v) is 8.72. The number of aliphatic hydroxyl groups excluding tert-OH is 1. The van der Waals surface area contributed by atoms with Crippen molar-refractivity contribution in [2.75, 3.05) is 0 Å². The van der Waals surface area contributed by atoms with Gasteiger partial charge < -0.3 is 5.11 Å². The lowest BCUT2D eigenvalue weighted by atomic mass is 9.62. The second kappa shape index (κ2) is 6.56. The van der Waals surface area contributed by atoms with Crippen LogP contribution in [0.3, 0.4) is 0 Å². The number of benzene rings is 2. The van der Waals surface area contributed by atoms with Crippen molar-refractivity contribution in [2.45, 2.75) is 34.6 Å². The molecule has 5 heteroatoms. The normalized spacial score (nSPS) is 18.5. The fourth-order valence-electron chi connectivity index (χ4n) is 3.75. The molecular weight excluding hydrogens is 379 g/mol. The molecule has 0 bridgehead atoms. The Kier molecular flexibility index (Phi) is 4.75. The van der Waals surface area contributed by atoms with E-state index in [1.807, 2.05) is 0 Å². The summed E-state index contributed by atoms with van der Waals surface area (Å²) in [6, 6.07) is 9.42. The number of aliphatic hydroxyl groups is 1. The van der Waals surface area contributed by atoms with Crippen LogP contribution in [-0.4, -0.2) is 16.7 Å². The number of carbonyl (C=O) groups excluding carboxylic acids is 2. The molecule has 0 saturated carbocycles. The SMILES string of the molecule is Cc1ccc(-c2cc(Cl)ccc2F)cc1C1=C(O)C(C)(C)C(=O)C(C)(C)C1=O. The zero-order chi connectivity index (χ0) is 21.0. The van der Waals surface area contributed by atoms with Gasteiger partial charge in [-0.1, -0.05) is 23.7 Å². The molecule has 0 radical (unpaired) electrons. The Balaban J connectivity index is 2.29. The fourth-order valence-corrected chi connectivity index (χ4v) is 3.92. The number of halogens is 2. The predicted octanol–water partition coefficient (Wildman–Crippen LogP) is 5.93. The molecule has 0 unspecified atom stereocenters. The Bertz CT molecular complexity index is 1050. The molecule has 0 heterocycles. The summed E-state index contributed by atoms with van der Waals surface area (Å²) in [5.74, 6) is -1.47. The van der Waals surface area contributed by atoms with Gasteiger partial charge in [-0.2, -0.15) is 0 Å². The maximum absolute atomic E-state index is 14.3. The van der Waals surface area contributed by atoms with Crippen molar-refractivity contribution in [1.29, 1.82) is 0 Å². The van der Waals surface area contributed by atoms with Crippen molar-refractivity contribution in [3.63, 3.8) is 0 Å². The molecule has 3 nitrogen and oxygen atoms in total. The Labute approximate surface area is 168 Å². The summed E-state index contributed by atoms with van der Waals surface area (Å²) < 4.78 is 14.3. The minimum absolute atomic E-state index is 0.108. The highest BCUT2D eigenvalue weighted by Gasteiger charge is 2.53. The first kappa shape index (κ1) is 20.3. The van der Waals surface area contributed by atoms with Crippen LogP contribution in [-0.2, 0) is 9.59 Å². The number of carbonyl (C=O) groups is 2. The van der Waals surface area contributed by atoms with E-state index in [1.54, 1.807) is 52.8 Å². The summed E-state index contributed by atoms with van der Waals surface area (Å²) in [4.78, 5) is 25.9. The monoisotopic (exact) mass is 400 g/mol. The third-order valence-corrected chi connectivity index (χ3v) is 5.74. The predicted molar refractivity (Wildman–Crippen MR) is 109 cm³/mol. The molecule has 146 valence electrons. The van der Waals surface area contributed by atoms with E-state index < -0.39 is 22.4 Å². The number of allylic oxidation sites excluding steroid dienone is 2. The summed E-state index contributed by atoms with van der Waals surface area (Å²) in [6.45, 7) is 8.16. The van der Waals surface area contributed by atoms with Crippen LogP contribution in [0.15, 0.2) is 42.2 Å². The van der Waals surface area contributed by atoms with E-state index in [-0.39, 0.29) is 17.1 Å². The Morgan fingerprint density at radius 2 is 1.57 bits per heavy atom. The van der Waals surface area contributed by atoms with Crippen LogP contribution in [0, 0.1) is 23.6 Å². The van der Waals surface area contributed by atoms with E-state index in [2.05, 4.69) is 0 Å². The Morgan fingerprint density at radius 3 is 2.21 bits per heavy atom.